The summed E-state index contributed by atoms with van der Waals surface area (Å²) in [5.74, 6) is 0.199. The first-order chi connectivity index (χ1) is 10.7. The van der Waals surface area contributed by atoms with Gasteiger partial charge in [0.1, 0.15) is 0 Å². The van der Waals surface area contributed by atoms with Gasteiger partial charge < -0.3 is 10.2 Å². The molecule has 3 rings (SSSR count). The van der Waals surface area contributed by atoms with Gasteiger partial charge in [-0.25, -0.2) is 0 Å². The molecule has 1 aliphatic carbocycles. The molecule has 0 atom stereocenters. The van der Waals surface area contributed by atoms with Gasteiger partial charge in [0.15, 0.2) is 0 Å². The highest BCUT2D eigenvalue weighted by atomic mass is 32.1. The molecule has 1 fully saturated rings. The third kappa shape index (κ3) is 3.33. The lowest BCUT2D eigenvalue weighted by molar-refractivity contribution is -0.122. The summed E-state index contributed by atoms with van der Waals surface area (Å²) in [6, 6.07) is 2.11. The Bertz CT molecular complexity index is 538. The molecule has 1 saturated heterocycles. The van der Waals surface area contributed by atoms with E-state index >= 15 is 0 Å². The van der Waals surface area contributed by atoms with Gasteiger partial charge in [-0.2, -0.15) is 0 Å². The summed E-state index contributed by atoms with van der Waals surface area (Å²) in [4.78, 5) is 30.4. The second-order valence-electron chi connectivity index (χ2n) is 6.01. The standard InChI is InChI=1S/C16H23N3O2S/c1-17-15(20)11-18-6-8-19(9-7-18)16(21)14-10-12-4-2-3-5-13(12)22-14/h10H,2-9,11H2,1H3,(H,17,20). The molecule has 120 valence electrons. The van der Waals surface area contributed by atoms with Crippen LogP contribution in [-0.4, -0.2) is 61.4 Å². The quantitative estimate of drug-likeness (QED) is 0.908. The zero-order valence-corrected chi connectivity index (χ0v) is 13.9. The van der Waals surface area contributed by atoms with Gasteiger partial charge in [-0.1, -0.05) is 0 Å². The molecule has 0 saturated carbocycles. The number of nitrogens with zero attached hydrogens (tertiary/aromatic N) is 2. The minimum atomic E-state index is 0.0331. The van der Waals surface area contributed by atoms with Gasteiger partial charge in [0.2, 0.25) is 5.91 Å². The van der Waals surface area contributed by atoms with Crippen molar-refractivity contribution < 1.29 is 9.59 Å². The van der Waals surface area contributed by atoms with Crippen LogP contribution in [0.25, 0.3) is 0 Å². The summed E-state index contributed by atoms with van der Waals surface area (Å²) in [6.45, 7) is 3.37. The second kappa shape index (κ2) is 6.79. The molecule has 2 amide bonds. The van der Waals surface area contributed by atoms with Crippen LogP contribution in [0.1, 0.15) is 33.0 Å². The van der Waals surface area contributed by atoms with Gasteiger partial charge in [-0.15, -0.1) is 11.3 Å². The number of carbonyl (C=O) groups is 2. The molecule has 0 unspecified atom stereocenters. The number of fused-ring (bicyclic) bond motifs is 1. The molecule has 6 heteroatoms. The van der Waals surface area contributed by atoms with E-state index in [9.17, 15) is 9.59 Å². The summed E-state index contributed by atoms with van der Waals surface area (Å²) in [5.41, 5.74) is 1.39. The molecule has 5 nitrogen and oxygen atoms in total. The lowest BCUT2D eigenvalue weighted by atomic mass is 9.99. The Morgan fingerprint density at radius 3 is 2.59 bits per heavy atom. The predicted octanol–water partition coefficient (Wildman–Crippen LogP) is 1.13. The molecular formula is C16H23N3O2S. The monoisotopic (exact) mass is 321 g/mol. The fourth-order valence-electron chi connectivity index (χ4n) is 3.14. The average molecular weight is 321 g/mol. The first-order valence-electron chi connectivity index (χ1n) is 8.01. The Labute approximate surface area is 135 Å². The van der Waals surface area contributed by atoms with Crippen molar-refractivity contribution in [1.29, 1.82) is 0 Å². The zero-order valence-electron chi connectivity index (χ0n) is 13.1. The maximum atomic E-state index is 12.6. The third-order valence-corrected chi connectivity index (χ3v) is 5.74. The summed E-state index contributed by atoms with van der Waals surface area (Å²) in [6.07, 6.45) is 4.75. The van der Waals surface area contributed by atoms with Gasteiger partial charge in [0.25, 0.3) is 5.91 Å². The molecule has 0 bridgehead atoms. The van der Waals surface area contributed by atoms with E-state index in [1.54, 1.807) is 18.4 Å². The number of thiophene rings is 1. The van der Waals surface area contributed by atoms with Crippen LogP contribution in [0.2, 0.25) is 0 Å². The zero-order chi connectivity index (χ0) is 15.5. The van der Waals surface area contributed by atoms with Crippen molar-refractivity contribution in [2.45, 2.75) is 25.7 Å². The minimum absolute atomic E-state index is 0.0331. The molecule has 2 heterocycles. The van der Waals surface area contributed by atoms with E-state index in [4.69, 9.17) is 0 Å². The summed E-state index contributed by atoms with van der Waals surface area (Å²) >= 11 is 1.68. The number of aryl methyl sites for hydroxylation is 2. The van der Waals surface area contributed by atoms with Crippen LogP contribution in [0, 0.1) is 0 Å². The largest absolute Gasteiger partial charge is 0.358 e. The van der Waals surface area contributed by atoms with Crippen LogP contribution < -0.4 is 5.32 Å². The first-order valence-corrected chi connectivity index (χ1v) is 8.83. The van der Waals surface area contributed by atoms with Crippen LogP contribution in [-0.2, 0) is 17.6 Å². The van der Waals surface area contributed by atoms with Crippen molar-refractivity contribution in [3.05, 3.63) is 21.4 Å². The van der Waals surface area contributed by atoms with Crippen molar-refractivity contribution >= 4 is 23.2 Å². The Hall–Kier alpha value is -1.40. The highest BCUT2D eigenvalue weighted by Crippen LogP contribution is 2.30. The molecular weight excluding hydrogens is 298 g/mol. The number of amides is 2. The van der Waals surface area contributed by atoms with Crippen molar-refractivity contribution in [3.8, 4) is 0 Å². The highest BCUT2D eigenvalue weighted by Gasteiger charge is 2.25. The van der Waals surface area contributed by atoms with Gasteiger partial charge >= 0.3 is 0 Å². The number of rotatable bonds is 3. The minimum Gasteiger partial charge on any atom is -0.358 e. The molecule has 1 N–H and O–H groups in total. The Morgan fingerprint density at radius 2 is 1.91 bits per heavy atom. The molecule has 0 spiro atoms. The van der Waals surface area contributed by atoms with E-state index in [-0.39, 0.29) is 11.8 Å². The molecule has 2 aliphatic rings. The fraction of sp³-hybridized carbons (Fsp3) is 0.625. The van der Waals surface area contributed by atoms with Crippen LogP contribution in [0.4, 0.5) is 0 Å². The second-order valence-corrected chi connectivity index (χ2v) is 7.14. The Morgan fingerprint density at radius 1 is 1.18 bits per heavy atom. The van der Waals surface area contributed by atoms with E-state index in [0.29, 0.717) is 19.6 Å². The smallest absolute Gasteiger partial charge is 0.264 e. The van der Waals surface area contributed by atoms with Crippen LogP contribution in [0.15, 0.2) is 6.07 Å². The maximum Gasteiger partial charge on any atom is 0.264 e. The molecule has 0 radical (unpaired) electrons. The first kappa shape index (κ1) is 15.5. The lowest BCUT2D eigenvalue weighted by Crippen LogP contribution is -2.50. The highest BCUT2D eigenvalue weighted by molar-refractivity contribution is 7.14. The molecule has 0 aromatic carbocycles. The number of piperazine rings is 1. The predicted molar refractivity (Wildman–Crippen MR) is 87.4 cm³/mol. The van der Waals surface area contributed by atoms with Gasteiger partial charge in [0.05, 0.1) is 11.4 Å². The average Bonchev–Trinajstić information content (AvgIpc) is 2.98. The van der Waals surface area contributed by atoms with E-state index in [2.05, 4.69) is 16.3 Å². The van der Waals surface area contributed by atoms with E-state index in [1.165, 1.54) is 23.3 Å². The number of nitrogens with one attached hydrogen (secondary N) is 1. The maximum absolute atomic E-state index is 12.6. The SMILES string of the molecule is CNC(=O)CN1CCN(C(=O)c2cc3c(s2)CCCC3)CC1. The van der Waals surface area contributed by atoms with Gasteiger partial charge in [0, 0.05) is 38.1 Å². The van der Waals surface area contributed by atoms with E-state index in [0.717, 1.165) is 30.8 Å². The van der Waals surface area contributed by atoms with Crippen LogP contribution >= 0.6 is 11.3 Å². The van der Waals surface area contributed by atoms with Crippen LogP contribution in [0.3, 0.4) is 0 Å². The van der Waals surface area contributed by atoms with Crippen LogP contribution in [0.5, 0.6) is 0 Å². The molecule has 22 heavy (non-hydrogen) atoms. The molecule has 1 aliphatic heterocycles. The number of carbonyl (C=O) groups excluding carboxylic acids is 2. The van der Waals surface area contributed by atoms with Crippen molar-refractivity contribution in [1.82, 2.24) is 15.1 Å². The number of hydrogen-bond acceptors (Lipinski definition) is 4. The van der Waals surface area contributed by atoms with E-state index < -0.39 is 0 Å². The van der Waals surface area contributed by atoms with Gasteiger partial charge in [-0.05, 0) is 37.3 Å². The van der Waals surface area contributed by atoms with Gasteiger partial charge in [-0.3, -0.25) is 14.5 Å². The summed E-state index contributed by atoms with van der Waals surface area (Å²) in [5, 5.41) is 2.64. The van der Waals surface area contributed by atoms with E-state index in [1.807, 2.05) is 4.90 Å². The topological polar surface area (TPSA) is 52.7 Å². The summed E-state index contributed by atoms with van der Waals surface area (Å²) < 4.78 is 0. The fourth-order valence-corrected chi connectivity index (χ4v) is 4.36. The normalized spacial score (nSPS) is 18.9. The van der Waals surface area contributed by atoms with Crippen molar-refractivity contribution in [2.24, 2.45) is 0 Å². The lowest BCUT2D eigenvalue weighted by Gasteiger charge is -2.34. The summed E-state index contributed by atoms with van der Waals surface area (Å²) in [7, 11) is 1.65. The van der Waals surface area contributed by atoms with Crippen molar-refractivity contribution in [2.75, 3.05) is 39.8 Å². The third-order valence-electron chi connectivity index (χ3n) is 4.51. The van der Waals surface area contributed by atoms with Crippen molar-refractivity contribution in [3.63, 3.8) is 0 Å². The Balaban J connectivity index is 1.58. The molecule has 1 aromatic rings. The number of hydrogen-bond donors (Lipinski definition) is 1. The Kier molecular flexibility index (Phi) is 4.78. The molecule has 1 aromatic heterocycles. The number of likely N-dealkylation sites (N-methyl/N-ethyl adjacent to an activating group) is 1.